The van der Waals surface area contributed by atoms with Crippen LogP contribution < -0.4 is 10.1 Å². The minimum atomic E-state index is 0.286. The number of rotatable bonds is 5. The third-order valence-corrected chi connectivity index (χ3v) is 2.86. The fourth-order valence-electron chi connectivity index (χ4n) is 1.85. The van der Waals surface area contributed by atoms with Gasteiger partial charge in [-0.05, 0) is 37.6 Å². The van der Waals surface area contributed by atoms with Gasteiger partial charge in [-0.1, -0.05) is 25.4 Å². The summed E-state index contributed by atoms with van der Waals surface area (Å²) in [6, 6.07) is 6.03. The van der Waals surface area contributed by atoms with Crippen LogP contribution in [0.3, 0.4) is 0 Å². The molecule has 0 bridgehead atoms. The molecule has 1 rings (SSSR count). The first-order valence-electron chi connectivity index (χ1n) is 5.59. The molecule has 0 aliphatic carbocycles. The second kappa shape index (κ2) is 6.12. The average Bonchev–Trinajstić information content (AvgIpc) is 2.25. The maximum absolute atomic E-state index is 6.03. The van der Waals surface area contributed by atoms with Crippen LogP contribution in [0.15, 0.2) is 18.2 Å². The quantitative estimate of drug-likeness (QED) is 0.850. The zero-order valence-corrected chi connectivity index (χ0v) is 11.1. The highest BCUT2D eigenvalue weighted by molar-refractivity contribution is 6.30. The van der Waals surface area contributed by atoms with E-state index in [1.54, 1.807) is 7.11 Å². The zero-order valence-electron chi connectivity index (χ0n) is 10.4. The van der Waals surface area contributed by atoms with Crippen LogP contribution in [0.5, 0.6) is 5.75 Å². The van der Waals surface area contributed by atoms with Crippen LogP contribution in [0.4, 0.5) is 0 Å². The van der Waals surface area contributed by atoms with Gasteiger partial charge in [0.15, 0.2) is 0 Å². The van der Waals surface area contributed by atoms with E-state index >= 15 is 0 Å². The van der Waals surface area contributed by atoms with Crippen molar-refractivity contribution in [1.82, 2.24) is 5.32 Å². The van der Waals surface area contributed by atoms with E-state index in [1.807, 2.05) is 25.2 Å². The summed E-state index contributed by atoms with van der Waals surface area (Å²) in [5.41, 5.74) is 1.13. The summed E-state index contributed by atoms with van der Waals surface area (Å²) in [6.45, 7) is 4.42. The molecule has 0 amide bonds. The van der Waals surface area contributed by atoms with Gasteiger partial charge in [0.25, 0.3) is 0 Å². The van der Waals surface area contributed by atoms with Crippen LogP contribution in [0, 0.1) is 5.92 Å². The highest BCUT2D eigenvalue weighted by Crippen LogP contribution is 2.31. The first kappa shape index (κ1) is 13.3. The summed E-state index contributed by atoms with van der Waals surface area (Å²) in [4.78, 5) is 0. The molecule has 1 atom stereocenters. The lowest BCUT2D eigenvalue weighted by Gasteiger charge is -2.21. The van der Waals surface area contributed by atoms with Crippen molar-refractivity contribution in [3.63, 3.8) is 0 Å². The number of benzene rings is 1. The smallest absolute Gasteiger partial charge is 0.123 e. The van der Waals surface area contributed by atoms with Crippen LogP contribution in [-0.2, 0) is 0 Å². The van der Waals surface area contributed by atoms with E-state index in [4.69, 9.17) is 16.3 Å². The molecule has 0 saturated heterocycles. The maximum atomic E-state index is 6.03. The SMILES string of the molecule is CNC(CC(C)C)c1cc(Cl)ccc1OC. The Bertz CT molecular complexity index is 339. The summed E-state index contributed by atoms with van der Waals surface area (Å²) in [5, 5.41) is 4.06. The second-order valence-corrected chi connectivity index (χ2v) is 4.79. The summed E-state index contributed by atoms with van der Waals surface area (Å²) in [6.07, 6.45) is 1.06. The zero-order chi connectivity index (χ0) is 12.1. The van der Waals surface area contributed by atoms with Crippen molar-refractivity contribution in [2.45, 2.75) is 26.3 Å². The maximum Gasteiger partial charge on any atom is 0.123 e. The summed E-state index contributed by atoms with van der Waals surface area (Å²) in [7, 11) is 3.65. The van der Waals surface area contributed by atoms with Gasteiger partial charge in [-0.25, -0.2) is 0 Å². The fraction of sp³-hybridized carbons (Fsp3) is 0.538. The summed E-state index contributed by atoms with van der Waals surface area (Å²) < 4.78 is 5.37. The molecule has 3 heteroatoms. The number of methoxy groups -OCH3 is 1. The molecule has 1 unspecified atom stereocenters. The molecule has 0 radical (unpaired) electrons. The Morgan fingerprint density at radius 2 is 2.06 bits per heavy atom. The molecule has 0 aliphatic rings. The van der Waals surface area contributed by atoms with Gasteiger partial charge in [0.05, 0.1) is 7.11 Å². The van der Waals surface area contributed by atoms with Crippen molar-refractivity contribution in [2.75, 3.05) is 14.2 Å². The largest absolute Gasteiger partial charge is 0.496 e. The van der Waals surface area contributed by atoms with Gasteiger partial charge in [-0.2, -0.15) is 0 Å². The first-order chi connectivity index (χ1) is 7.58. The van der Waals surface area contributed by atoms with Crippen LogP contribution in [0.1, 0.15) is 31.9 Å². The Morgan fingerprint density at radius 3 is 2.56 bits per heavy atom. The van der Waals surface area contributed by atoms with E-state index < -0.39 is 0 Å². The van der Waals surface area contributed by atoms with E-state index in [9.17, 15) is 0 Å². The molecule has 0 heterocycles. The van der Waals surface area contributed by atoms with Gasteiger partial charge in [0.1, 0.15) is 5.75 Å². The highest BCUT2D eigenvalue weighted by atomic mass is 35.5. The van der Waals surface area contributed by atoms with Gasteiger partial charge in [-0.15, -0.1) is 0 Å². The lowest BCUT2D eigenvalue weighted by Crippen LogP contribution is -2.19. The molecule has 0 aromatic heterocycles. The summed E-state index contributed by atoms with van der Waals surface area (Å²) in [5.74, 6) is 1.52. The number of halogens is 1. The van der Waals surface area contributed by atoms with Gasteiger partial charge in [0.2, 0.25) is 0 Å². The van der Waals surface area contributed by atoms with Crippen LogP contribution in [0.25, 0.3) is 0 Å². The Hall–Kier alpha value is -0.730. The number of ether oxygens (including phenoxy) is 1. The Morgan fingerprint density at radius 1 is 1.38 bits per heavy atom. The Balaban J connectivity index is 3.02. The molecule has 16 heavy (non-hydrogen) atoms. The van der Waals surface area contributed by atoms with Gasteiger partial charge in [-0.3, -0.25) is 0 Å². The van der Waals surface area contributed by atoms with Crippen LogP contribution >= 0.6 is 11.6 Å². The molecule has 90 valence electrons. The third kappa shape index (κ3) is 3.39. The minimum absolute atomic E-state index is 0.286. The standard InChI is InChI=1S/C13H20ClNO/c1-9(2)7-12(15-3)11-8-10(14)5-6-13(11)16-4/h5-6,8-9,12,15H,7H2,1-4H3. The van der Waals surface area contributed by atoms with E-state index in [0.29, 0.717) is 5.92 Å². The average molecular weight is 242 g/mol. The Kier molecular flexibility index (Phi) is 5.10. The van der Waals surface area contributed by atoms with Gasteiger partial charge >= 0.3 is 0 Å². The molecule has 1 aromatic rings. The predicted octanol–water partition coefficient (Wildman–Crippen LogP) is 3.66. The predicted molar refractivity (Wildman–Crippen MR) is 69.3 cm³/mol. The Labute approximate surface area is 103 Å². The normalized spacial score (nSPS) is 12.9. The van der Waals surface area contributed by atoms with Crippen molar-refractivity contribution in [3.8, 4) is 5.75 Å². The first-order valence-corrected chi connectivity index (χ1v) is 5.97. The number of hydrogen-bond acceptors (Lipinski definition) is 2. The molecule has 0 saturated carbocycles. The molecule has 1 aromatic carbocycles. The van der Waals surface area contributed by atoms with Crippen molar-refractivity contribution >= 4 is 11.6 Å². The van der Waals surface area contributed by atoms with Crippen molar-refractivity contribution in [3.05, 3.63) is 28.8 Å². The monoisotopic (exact) mass is 241 g/mol. The second-order valence-electron chi connectivity index (χ2n) is 4.36. The summed E-state index contributed by atoms with van der Waals surface area (Å²) >= 11 is 6.03. The molecule has 2 nitrogen and oxygen atoms in total. The number of hydrogen-bond donors (Lipinski definition) is 1. The molecule has 1 N–H and O–H groups in total. The molecular formula is C13H20ClNO. The van der Waals surface area contributed by atoms with E-state index in [0.717, 1.165) is 22.8 Å². The number of nitrogens with one attached hydrogen (secondary N) is 1. The molecule has 0 spiro atoms. The topological polar surface area (TPSA) is 21.3 Å². The minimum Gasteiger partial charge on any atom is -0.496 e. The van der Waals surface area contributed by atoms with Crippen molar-refractivity contribution in [1.29, 1.82) is 0 Å². The van der Waals surface area contributed by atoms with Crippen LogP contribution in [0.2, 0.25) is 5.02 Å². The third-order valence-electron chi connectivity index (χ3n) is 2.62. The van der Waals surface area contributed by atoms with E-state index in [2.05, 4.69) is 19.2 Å². The lowest BCUT2D eigenvalue weighted by atomic mass is 9.96. The van der Waals surface area contributed by atoms with E-state index in [-0.39, 0.29) is 6.04 Å². The van der Waals surface area contributed by atoms with Crippen molar-refractivity contribution in [2.24, 2.45) is 5.92 Å². The van der Waals surface area contributed by atoms with Crippen molar-refractivity contribution < 1.29 is 4.74 Å². The molecule has 0 aliphatic heterocycles. The van der Waals surface area contributed by atoms with Gasteiger partial charge in [0, 0.05) is 16.6 Å². The van der Waals surface area contributed by atoms with E-state index in [1.165, 1.54) is 0 Å². The van der Waals surface area contributed by atoms with Gasteiger partial charge < -0.3 is 10.1 Å². The molecular weight excluding hydrogens is 222 g/mol. The fourth-order valence-corrected chi connectivity index (χ4v) is 2.03. The molecule has 0 fully saturated rings. The lowest BCUT2D eigenvalue weighted by molar-refractivity contribution is 0.389. The highest BCUT2D eigenvalue weighted by Gasteiger charge is 2.16. The van der Waals surface area contributed by atoms with Crippen LogP contribution in [-0.4, -0.2) is 14.2 Å².